The molecular formula is C21H30N8O8. The highest BCUT2D eigenvalue weighted by Crippen LogP contribution is 2.05. The molecule has 0 saturated carbocycles. The standard InChI is InChI=1S/C21H30N8O8/c1-10(30)17(20(35)28-15(21(36)37)5-12-7-24-9-26-12)29-19(34)14(2-3-16(31)32)27-18(33)13(22)4-11-6-23-8-25-11/h6-10,13-15,17,30H,2-5,22H2,1H3,(H,23,25)(H,24,26)(H,27,33)(H,28,35)(H,29,34)(H,31,32)(H,36,37). The quantitative estimate of drug-likeness (QED) is 0.114. The predicted octanol–water partition coefficient (Wildman–Crippen LogP) is -2.97. The smallest absolute Gasteiger partial charge is 0.326 e. The molecule has 2 heterocycles. The maximum absolute atomic E-state index is 12.9. The van der Waals surface area contributed by atoms with E-state index < -0.39 is 66.4 Å². The van der Waals surface area contributed by atoms with Gasteiger partial charge < -0.3 is 47.0 Å². The Hall–Kier alpha value is -4.31. The van der Waals surface area contributed by atoms with Gasteiger partial charge in [-0.3, -0.25) is 19.2 Å². The number of rotatable bonds is 15. The fourth-order valence-electron chi connectivity index (χ4n) is 3.28. The molecule has 0 radical (unpaired) electrons. The van der Waals surface area contributed by atoms with Gasteiger partial charge in [-0.05, 0) is 13.3 Å². The van der Waals surface area contributed by atoms with Crippen LogP contribution in [0.15, 0.2) is 25.0 Å². The third-order valence-corrected chi connectivity index (χ3v) is 5.27. The SMILES string of the molecule is CC(O)C(NC(=O)C(CCC(=O)O)NC(=O)C(N)Cc1cnc[nH]1)C(=O)NC(Cc1cnc[nH]1)C(=O)O. The predicted molar refractivity (Wildman–Crippen MR) is 125 cm³/mol. The van der Waals surface area contributed by atoms with Crippen molar-refractivity contribution in [3.8, 4) is 0 Å². The third-order valence-electron chi connectivity index (χ3n) is 5.27. The van der Waals surface area contributed by atoms with Crippen molar-refractivity contribution in [2.45, 2.75) is 62.9 Å². The summed E-state index contributed by atoms with van der Waals surface area (Å²) in [6.07, 6.45) is 3.19. The molecule has 0 saturated heterocycles. The van der Waals surface area contributed by atoms with E-state index in [1.54, 1.807) is 0 Å². The first-order valence-electron chi connectivity index (χ1n) is 11.2. The Morgan fingerprint density at radius 1 is 0.892 bits per heavy atom. The minimum absolute atomic E-state index is 0.0602. The minimum Gasteiger partial charge on any atom is -0.481 e. The summed E-state index contributed by atoms with van der Waals surface area (Å²) in [6, 6.07) is -5.53. The molecule has 0 aliphatic rings. The highest BCUT2D eigenvalue weighted by molar-refractivity contribution is 5.94. The maximum atomic E-state index is 12.9. The van der Waals surface area contributed by atoms with Crippen molar-refractivity contribution in [2.24, 2.45) is 5.73 Å². The van der Waals surface area contributed by atoms with E-state index in [4.69, 9.17) is 10.8 Å². The van der Waals surface area contributed by atoms with Crippen LogP contribution < -0.4 is 21.7 Å². The van der Waals surface area contributed by atoms with Crippen LogP contribution in [0.4, 0.5) is 0 Å². The third kappa shape index (κ3) is 9.34. The Morgan fingerprint density at radius 2 is 1.46 bits per heavy atom. The summed E-state index contributed by atoms with van der Waals surface area (Å²) >= 11 is 0. The fourth-order valence-corrected chi connectivity index (χ4v) is 3.28. The first kappa shape index (κ1) is 28.9. The van der Waals surface area contributed by atoms with E-state index in [-0.39, 0.29) is 19.3 Å². The first-order chi connectivity index (χ1) is 17.5. The van der Waals surface area contributed by atoms with Gasteiger partial charge in [-0.1, -0.05) is 0 Å². The molecule has 0 bridgehead atoms. The monoisotopic (exact) mass is 522 g/mol. The first-order valence-corrected chi connectivity index (χ1v) is 11.2. The van der Waals surface area contributed by atoms with Gasteiger partial charge in [-0.15, -0.1) is 0 Å². The number of hydrogen-bond donors (Lipinski definition) is 9. The van der Waals surface area contributed by atoms with Gasteiger partial charge in [0.25, 0.3) is 0 Å². The number of aromatic amines is 2. The summed E-state index contributed by atoms with van der Waals surface area (Å²) in [6.45, 7) is 1.19. The number of imidazole rings is 2. The average molecular weight is 523 g/mol. The van der Waals surface area contributed by atoms with E-state index in [0.717, 1.165) is 0 Å². The molecule has 2 aromatic heterocycles. The van der Waals surface area contributed by atoms with Crippen LogP contribution in [0.5, 0.6) is 0 Å². The van der Waals surface area contributed by atoms with Gasteiger partial charge in [0.15, 0.2) is 0 Å². The van der Waals surface area contributed by atoms with Crippen molar-refractivity contribution in [1.29, 1.82) is 0 Å². The Morgan fingerprint density at radius 3 is 1.95 bits per heavy atom. The molecule has 0 aliphatic heterocycles. The van der Waals surface area contributed by atoms with E-state index >= 15 is 0 Å². The molecule has 0 spiro atoms. The van der Waals surface area contributed by atoms with Gasteiger partial charge in [0.05, 0.1) is 24.8 Å². The van der Waals surface area contributed by atoms with Crippen LogP contribution in [-0.4, -0.2) is 95.2 Å². The number of aliphatic hydroxyl groups excluding tert-OH is 1. The molecule has 202 valence electrons. The van der Waals surface area contributed by atoms with Gasteiger partial charge in [0.1, 0.15) is 18.1 Å². The lowest BCUT2D eigenvalue weighted by Crippen LogP contribution is -2.60. The number of aromatic nitrogens is 4. The number of H-pyrrole nitrogens is 2. The lowest BCUT2D eigenvalue weighted by molar-refractivity contribution is -0.143. The van der Waals surface area contributed by atoms with Gasteiger partial charge in [-0.2, -0.15) is 0 Å². The number of carbonyl (C=O) groups excluding carboxylic acids is 3. The second kappa shape index (κ2) is 13.7. The Bertz CT molecular complexity index is 1060. The summed E-state index contributed by atoms with van der Waals surface area (Å²) in [5.41, 5.74) is 6.86. The summed E-state index contributed by atoms with van der Waals surface area (Å²) in [4.78, 5) is 74.0. The fraction of sp³-hybridized carbons (Fsp3) is 0.476. The molecular weight excluding hydrogens is 492 g/mol. The molecule has 3 amide bonds. The van der Waals surface area contributed by atoms with E-state index in [9.17, 15) is 34.2 Å². The number of carbonyl (C=O) groups is 5. The van der Waals surface area contributed by atoms with Gasteiger partial charge in [0.2, 0.25) is 17.7 Å². The number of nitrogens with two attached hydrogens (primary N) is 1. The Balaban J connectivity index is 2.09. The normalized spacial score (nSPS) is 15.0. The van der Waals surface area contributed by atoms with Gasteiger partial charge >= 0.3 is 11.9 Å². The van der Waals surface area contributed by atoms with Crippen molar-refractivity contribution in [1.82, 2.24) is 35.9 Å². The lowest BCUT2D eigenvalue weighted by atomic mass is 10.1. The molecule has 0 aliphatic carbocycles. The van der Waals surface area contributed by atoms with Crippen molar-refractivity contribution in [3.05, 3.63) is 36.4 Å². The van der Waals surface area contributed by atoms with E-state index in [2.05, 4.69) is 35.9 Å². The van der Waals surface area contributed by atoms with Crippen molar-refractivity contribution in [2.75, 3.05) is 0 Å². The molecule has 16 heteroatoms. The van der Waals surface area contributed by atoms with Gasteiger partial charge in [0, 0.05) is 43.0 Å². The van der Waals surface area contributed by atoms with E-state index in [1.807, 2.05) is 0 Å². The highest BCUT2D eigenvalue weighted by atomic mass is 16.4. The second-order valence-corrected chi connectivity index (χ2v) is 8.29. The number of hydrogen-bond acceptors (Lipinski definition) is 9. The van der Waals surface area contributed by atoms with E-state index in [0.29, 0.717) is 11.4 Å². The molecule has 5 atom stereocenters. The minimum atomic E-state index is -1.61. The molecule has 16 nitrogen and oxygen atoms in total. The van der Waals surface area contributed by atoms with Crippen molar-refractivity contribution >= 4 is 29.7 Å². The van der Waals surface area contributed by atoms with Crippen LogP contribution in [0.3, 0.4) is 0 Å². The number of carboxylic acids is 2. The van der Waals surface area contributed by atoms with Crippen LogP contribution in [0.1, 0.15) is 31.2 Å². The summed E-state index contributed by atoms with van der Waals surface area (Å²) in [7, 11) is 0. The Labute approximate surface area is 210 Å². The molecule has 2 aromatic rings. The zero-order valence-corrected chi connectivity index (χ0v) is 19.9. The van der Waals surface area contributed by atoms with Crippen LogP contribution in [0.2, 0.25) is 0 Å². The Kier molecular flexibility index (Phi) is 10.7. The van der Waals surface area contributed by atoms with Crippen LogP contribution in [0.25, 0.3) is 0 Å². The lowest BCUT2D eigenvalue weighted by Gasteiger charge is -2.26. The van der Waals surface area contributed by atoms with E-state index in [1.165, 1.54) is 32.0 Å². The van der Waals surface area contributed by atoms with Crippen LogP contribution in [-0.2, 0) is 36.8 Å². The molecule has 5 unspecified atom stereocenters. The summed E-state index contributed by atoms with van der Waals surface area (Å²) in [5.74, 6) is -5.33. The van der Waals surface area contributed by atoms with Crippen LogP contribution in [0, 0.1) is 0 Å². The second-order valence-electron chi connectivity index (χ2n) is 8.29. The van der Waals surface area contributed by atoms with Crippen LogP contribution >= 0.6 is 0 Å². The molecule has 2 rings (SSSR count). The maximum Gasteiger partial charge on any atom is 0.326 e. The molecule has 0 aromatic carbocycles. The number of amides is 3. The van der Waals surface area contributed by atoms with Crippen molar-refractivity contribution in [3.63, 3.8) is 0 Å². The summed E-state index contributed by atoms with van der Waals surface area (Å²) < 4.78 is 0. The molecule has 37 heavy (non-hydrogen) atoms. The number of aliphatic carboxylic acids is 2. The molecule has 0 fully saturated rings. The molecule has 10 N–H and O–H groups in total. The number of carboxylic acid groups (broad SMARTS) is 2. The topological polar surface area (TPSA) is 266 Å². The number of aliphatic hydroxyl groups is 1. The largest absolute Gasteiger partial charge is 0.481 e. The summed E-state index contributed by atoms with van der Waals surface area (Å²) in [5, 5.41) is 35.4. The van der Waals surface area contributed by atoms with Gasteiger partial charge in [-0.25, -0.2) is 14.8 Å². The number of nitrogens with one attached hydrogen (secondary N) is 5. The van der Waals surface area contributed by atoms with Crippen molar-refractivity contribution < 1.29 is 39.3 Å². The zero-order valence-electron chi connectivity index (χ0n) is 19.9. The average Bonchev–Trinajstić information content (AvgIpc) is 3.53. The highest BCUT2D eigenvalue weighted by Gasteiger charge is 2.33. The zero-order chi connectivity index (χ0) is 27.5. The number of nitrogens with zero attached hydrogens (tertiary/aromatic N) is 2.